The van der Waals surface area contributed by atoms with Gasteiger partial charge in [0.2, 0.25) is 0 Å². The molecule has 1 aliphatic carbocycles. The lowest BCUT2D eigenvalue weighted by atomic mass is 10.1. The van der Waals surface area contributed by atoms with E-state index in [1.165, 1.54) is 23.6 Å². The Morgan fingerprint density at radius 3 is 2.70 bits per heavy atom. The lowest BCUT2D eigenvalue weighted by Gasteiger charge is -2.08. The van der Waals surface area contributed by atoms with Crippen molar-refractivity contribution in [2.24, 2.45) is 5.10 Å². The average molecular weight is 429 g/mol. The van der Waals surface area contributed by atoms with Crippen molar-refractivity contribution in [2.75, 3.05) is 11.9 Å². The topological polar surface area (TPSA) is 117 Å². The van der Waals surface area contributed by atoms with Crippen molar-refractivity contribution in [3.8, 4) is 5.75 Å². The van der Waals surface area contributed by atoms with Crippen molar-refractivity contribution in [1.82, 2.24) is 5.43 Å². The number of carbonyl (C=O) groups is 3. The number of aromatic hydroxyl groups is 1. The molecule has 0 unspecified atom stereocenters. The van der Waals surface area contributed by atoms with Gasteiger partial charge in [-0.05, 0) is 50.3 Å². The second kappa shape index (κ2) is 10.0. The average Bonchev–Trinajstić information content (AvgIpc) is 2.89. The first kappa shape index (κ1) is 21.5. The molecular weight excluding hydrogens is 406 g/mol. The molecule has 9 heteroatoms. The summed E-state index contributed by atoms with van der Waals surface area (Å²) in [6, 6.07) is 6.44. The molecule has 1 aromatic heterocycles. The second-order valence-corrected chi connectivity index (χ2v) is 7.81. The quantitative estimate of drug-likeness (QED) is 0.222. The molecule has 0 saturated carbocycles. The number of anilines is 1. The number of nitrogens with one attached hydrogen (secondary N) is 2. The first-order valence-electron chi connectivity index (χ1n) is 9.75. The molecule has 0 atom stereocenters. The predicted octanol–water partition coefficient (Wildman–Crippen LogP) is 2.99. The van der Waals surface area contributed by atoms with Crippen LogP contribution >= 0.6 is 11.3 Å². The summed E-state index contributed by atoms with van der Waals surface area (Å²) in [6.07, 6.45) is 5.88. The highest BCUT2D eigenvalue weighted by Crippen LogP contribution is 2.38. The van der Waals surface area contributed by atoms with E-state index in [2.05, 4.69) is 15.8 Å². The van der Waals surface area contributed by atoms with Crippen LogP contribution in [0.25, 0.3) is 0 Å². The van der Waals surface area contributed by atoms with Gasteiger partial charge in [-0.2, -0.15) is 5.10 Å². The normalized spacial score (nSPS) is 13.4. The van der Waals surface area contributed by atoms with Crippen molar-refractivity contribution in [3.05, 3.63) is 45.8 Å². The number of benzene rings is 1. The minimum absolute atomic E-state index is 0.000821. The number of hydrogen-bond donors (Lipinski definition) is 3. The van der Waals surface area contributed by atoms with Gasteiger partial charge in [0, 0.05) is 10.4 Å². The van der Waals surface area contributed by atoms with Gasteiger partial charge in [0.05, 0.1) is 18.4 Å². The molecule has 2 aromatic rings. The Labute approximate surface area is 177 Å². The number of phenolic OH excluding ortho intramolecular Hbond substituents is 1. The number of ether oxygens (including phenoxy) is 1. The monoisotopic (exact) mass is 429 g/mol. The van der Waals surface area contributed by atoms with Crippen LogP contribution in [-0.4, -0.2) is 35.7 Å². The first-order chi connectivity index (χ1) is 14.5. The minimum Gasteiger partial charge on any atom is -0.507 e. The Morgan fingerprint density at radius 1 is 1.17 bits per heavy atom. The summed E-state index contributed by atoms with van der Waals surface area (Å²) in [6.45, 7) is 1.94. The lowest BCUT2D eigenvalue weighted by Crippen LogP contribution is -2.32. The molecule has 0 spiro atoms. The standard InChI is InChI=1S/C21H23N3O5S/c1-2-29-21(28)17-14-9-4-3-5-11-16(14)30-20(17)23-18(26)19(27)24-22-12-13-8-6-7-10-15(13)25/h6-8,10,12,25H,2-5,9,11H2,1H3,(H,23,26)(H,24,27)/b22-12-. The van der Waals surface area contributed by atoms with Crippen LogP contribution < -0.4 is 10.7 Å². The van der Waals surface area contributed by atoms with Crippen molar-refractivity contribution < 1.29 is 24.2 Å². The summed E-state index contributed by atoms with van der Waals surface area (Å²) >= 11 is 1.31. The van der Waals surface area contributed by atoms with Gasteiger partial charge in [-0.15, -0.1) is 11.3 Å². The number of hydrogen-bond acceptors (Lipinski definition) is 7. The number of phenols is 1. The van der Waals surface area contributed by atoms with Gasteiger partial charge >= 0.3 is 17.8 Å². The van der Waals surface area contributed by atoms with Crippen LogP contribution in [0.5, 0.6) is 5.75 Å². The van der Waals surface area contributed by atoms with E-state index < -0.39 is 17.8 Å². The number of aryl methyl sites for hydroxylation is 1. The fourth-order valence-electron chi connectivity index (χ4n) is 3.22. The molecule has 3 N–H and O–H groups in total. The molecule has 1 heterocycles. The number of hydrazone groups is 1. The van der Waals surface area contributed by atoms with Crippen molar-refractivity contribution in [1.29, 1.82) is 0 Å². The fourth-order valence-corrected chi connectivity index (χ4v) is 4.49. The van der Waals surface area contributed by atoms with Gasteiger partial charge in [0.15, 0.2) is 0 Å². The van der Waals surface area contributed by atoms with Crippen LogP contribution in [0.2, 0.25) is 0 Å². The summed E-state index contributed by atoms with van der Waals surface area (Å²) < 4.78 is 5.17. The summed E-state index contributed by atoms with van der Waals surface area (Å²) in [5, 5.41) is 16.2. The Morgan fingerprint density at radius 2 is 1.93 bits per heavy atom. The smallest absolute Gasteiger partial charge is 0.341 e. The number of esters is 1. The number of nitrogens with zero attached hydrogens (tertiary/aromatic N) is 1. The molecule has 158 valence electrons. The van der Waals surface area contributed by atoms with Crippen LogP contribution in [0.3, 0.4) is 0 Å². The van der Waals surface area contributed by atoms with E-state index in [4.69, 9.17) is 4.74 Å². The zero-order valence-electron chi connectivity index (χ0n) is 16.6. The van der Waals surface area contributed by atoms with Crippen molar-refractivity contribution in [2.45, 2.75) is 39.0 Å². The summed E-state index contributed by atoms with van der Waals surface area (Å²) in [5.41, 5.74) is 3.76. The molecule has 30 heavy (non-hydrogen) atoms. The zero-order valence-corrected chi connectivity index (χ0v) is 17.4. The van der Waals surface area contributed by atoms with Crippen LogP contribution in [0.4, 0.5) is 5.00 Å². The third-order valence-electron chi connectivity index (χ3n) is 4.64. The third-order valence-corrected chi connectivity index (χ3v) is 5.85. The number of thiophene rings is 1. The maximum Gasteiger partial charge on any atom is 0.341 e. The summed E-state index contributed by atoms with van der Waals surface area (Å²) in [5.74, 6) is -2.42. The van der Waals surface area contributed by atoms with E-state index in [0.717, 1.165) is 42.5 Å². The third kappa shape index (κ3) is 5.04. The molecule has 0 aliphatic heterocycles. The largest absolute Gasteiger partial charge is 0.507 e. The number of rotatable bonds is 5. The number of fused-ring (bicyclic) bond motifs is 1. The predicted molar refractivity (Wildman–Crippen MR) is 114 cm³/mol. The lowest BCUT2D eigenvalue weighted by molar-refractivity contribution is -0.136. The number of amides is 2. The molecule has 1 aromatic carbocycles. The van der Waals surface area contributed by atoms with Crippen molar-refractivity contribution >= 4 is 40.3 Å². The minimum atomic E-state index is -0.986. The van der Waals surface area contributed by atoms with Crippen LogP contribution in [-0.2, 0) is 27.2 Å². The highest BCUT2D eigenvalue weighted by molar-refractivity contribution is 7.17. The van der Waals surface area contributed by atoms with Crippen LogP contribution in [0.15, 0.2) is 29.4 Å². The maximum absolute atomic E-state index is 12.5. The SMILES string of the molecule is CCOC(=O)c1c(NC(=O)C(=O)N/N=C\c2ccccc2O)sc2c1CCCCC2. The Kier molecular flexibility index (Phi) is 7.18. The van der Waals surface area contributed by atoms with Crippen LogP contribution in [0.1, 0.15) is 52.5 Å². The molecule has 8 nitrogen and oxygen atoms in total. The second-order valence-electron chi connectivity index (χ2n) is 6.70. The molecule has 0 saturated heterocycles. The summed E-state index contributed by atoms with van der Waals surface area (Å²) in [7, 11) is 0. The maximum atomic E-state index is 12.5. The Hall–Kier alpha value is -3.20. The van der Waals surface area contributed by atoms with Gasteiger partial charge in [0.25, 0.3) is 0 Å². The van der Waals surface area contributed by atoms with Gasteiger partial charge in [0.1, 0.15) is 10.8 Å². The van der Waals surface area contributed by atoms with Crippen molar-refractivity contribution in [3.63, 3.8) is 0 Å². The molecule has 3 rings (SSSR count). The molecule has 0 bridgehead atoms. The molecule has 0 radical (unpaired) electrons. The molecule has 1 aliphatic rings. The van der Waals surface area contributed by atoms with Gasteiger partial charge in [-0.3, -0.25) is 9.59 Å². The Balaban J connectivity index is 1.73. The van der Waals surface area contributed by atoms with E-state index in [0.29, 0.717) is 16.1 Å². The van der Waals surface area contributed by atoms with Gasteiger partial charge in [-0.25, -0.2) is 10.2 Å². The fraction of sp³-hybridized carbons (Fsp3) is 0.333. The molecular formula is C21H23N3O5S. The van der Waals surface area contributed by atoms with Gasteiger partial charge < -0.3 is 15.2 Å². The first-order valence-corrected chi connectivity index (χ1v) is 10.6. The zero-order chi connectivity index (χ0) is 21.5. The van der Waals surface area contributed by atoms with E-state index >= 15 is 0 Å². The highest BCUT2D eigenvalue weighted by atomic mass is 32.1. The number of para-hydroxylation sites is 1. The van der Waals surface area contributed by atoms with E-state index in [-0.39, 0.29) is 12.4 Å². The summed E-state index contributed by atoms with van der Waals surface area (Å²) in [4.78, 5) is 38.0. The highest BCUT2D eigenvalue weighted by Gasteiger charge is 2.27. The van der Waals surface area contributed by atoms with E-state index in [1.54, 1.807) is 25.1 Å². The van der Waals surface area contributed by atoms with E-state index in [1.807, 2.05) is 0 Å². The molecule has 2 amide bonds. The van der Waals surface area contributed by atoms with Gasteiger partial charge in [-0.1, -0.05) is 18.6 Å². The number of carbonyl (C=O) groups excluding carboxylic acids is 3. The molecule has 0 fully saturated rings. The van der Waals surface area contributed by atoms with Crippen LogP contribution in [0, 0.1) is 0 Å². The Bertz CT molecular complexity index is 983. The van der Waals surface area contributed by atoms with E-state index in [9.17, 15) is 19.5 Å².